The zero-order valence-corrected chi connectivity index (χ0v) is 10.9. The normalized spacial score (nSPS) is 11.6. The van der Waals surface area contributed by atoms with E-state index in [1.165, 1.54) is 0 Å². The molecule has 0 amide bonds. The first-order chi connectivity index (χ1) is 8.24. The lowest BCUT2D eigenvalue weighted by Gasteiger charge is -2.14. The molecule has 4 N–H and O–H groups in total. The van der Waals surface area contributed by atoms with Crippen molar-refractivity contribution in [1.82, 2.24) is 5.32 Å². The molecule has 0 saturated heterocycles. The Bertz CT molecular complexity index is 327. The number of hydrogen-bond acceptors (Lipinski definition) is 2. The van der Waals surface area contributed by atoms with Crippen molar-refractivity contribution >= 4 is 5.97 Å². The van der Waals surface area contributed by atoms with Gasteiger partial charge in [-0.15, -0.1) is 0 Å². The molecule has 18 heavy (non-hydrogen) atoms. The van der Waals surface area contributed by atoms with Crippen LogP contribution in [0.5, 0.6) is 0 Å². The van der Waals surface area contributed by atoms with Gasteiger partial charge in [-0.2, -0.15) is 0 Å². The molecule has 1 atom stereocenters. The first-order valence-electron chi connectivity index (χ1n) is 6.24. The molecule has 4 heteroatoms. The monoisotopic (exact) mass is 253 g/mol. The number of rotatable bonds is 8. The lowest BCUT2D eigenvalue weighted by molar-refractivity contribution is -0.139. The van der Waals surface area contributed by atoms with Crippen LogP contribution in [0.2, 0.25) is 0 Å². The van der Waals surface area contributed by atoms with Gasteiger partial charge in [0.1, 0.15) is 6.04 Å². The standard InChI is InChI=1S/C14H21NO2.H2O/c1-2-3-7-10-15-13(14(16)17)11-12-8-5-4-6-9-12;/h4-6,8-9,13,15H,2-3,7,10-11H2,1H3,(H,16,17);1H2. The molecule has 1 aromatic rings. The van der Waals surface area contributed by atoms with E-state index in [1.807, 2.05) is 30.3 Å². The highest BCUT2D eigenvalue weighted by atomic mass is 16.4. The van der Waals surface area contributed by atoms with E-state index in [0.29, 0.717) is 6.42 Å². The van der Waals surface area contributed by atoms with E-state index >= 15 is 0 Å². The lowest BCUT2D eigenvalue weighted by Crippen LogP contribution is -2.39. The Morgan fingerprint density at radius 1 is 1.28 bits per heavy atom. The highest BCUT2D eigenvalue weighted by molar-refractivity contribution is 5.73. The van der Waals surface area contributed by atoms with Crippen LogP contribution in [-0.4, -0.2) is 29.1 Å². The summed E-state index contributed by atoms with van der Waals surface area (Å²) >= 11 is 0. The molecule has 0 heterocycles. The van der Waals surface area contributed by atoms with Crippen molar-refractivity contribution in [3.05, 3.63) is 35.9 Å². The van der Waals surface area contributed by atoms with Crippen LogP contribution >= 0.6 is 0 Å². The quantitative estimate of drug-likeness (QED) is 0.691. The van der Waals surface area contributed by atoms with Gasteiger partial charge in [0, 0.05) is 0 Å². The summed E-state index contributed by atoms with van der Waals surface area (Å²) < 4.78 is 0. The fourth-order valence-corrected chi connectivity index (χ4v) is 1.75. The van der Waals surface area contributed by atoms with Gasteiger partial charge in [0.2, 0.25) is 0 Å². The molecular weight excluding hydrogens is 230 g/mol. The van der Waals surface area contributed by atoms with Gasteiger partial charge in [-0.3, -0.25) is 4.79 Å². The van der Waals surface area contributed by atoms with Gasteiger partial charge >= 0.3 is 5.97 Å². The van der Waals surface area contributed by atoms with Crippen LogP contribution in [0.3, 0.4) is 0 Å². The fourth-order valence-electron chi connectivity index (χ4n) is 1.75. The summed E-state index contributed by atoms with van der Waals surface area (Å²) in [6.07, 6.45) is 3.88. The molecule has 1 rings (SSSR count). The second-order valence-electron chi connectivity index (χ2n) is 4.24. The van der Waals surface area contributed by atoms with Crippen molar-refractivity contribution in [2.75, 3.05) is 6.54 Å². The smallest absolute Gasteiger partial charge is 0.321 e. The van der Waals surface area contributed by atoms with Crippen molar-refractivity contribution in [3.63, 3.8) is 0 Å². The molecule has 0 fully saturated rings. The van der Waals surface area contributed by atoms with Crippen molar-refractivity contribution in [2.45, 2.75) is 38.6 Å². The number of aliphatic carboxylic acids is 1. The minimum absolute atomic E-state index is 0. The average molecular weight is 253 g/mol. The van der Waals surface area contributed by atoms with Gasteiger partial charge in [0.05, 0.1) is 0 Å². The lowest BCUT2D eigenvalue weighted by atomic mass is 10.1. The number of carboxylic acid groups (broad SMARTS) is 1. The Kier molecular flexibility index (Phi) is 8.88. The fraction of sp³-hybridized carbons (Fsp3) is 0.500. The molecule has 0 aliphatic rings. The van der Waals surface area contributed by atoms with Crippen molar-refractivity contribution in [1.29, 1.82) is 0 Å². The van der Waals surface area contributed by atoms with Crippen LogP contribution in [-0.2, 0) is 11.2 Å². The van der Waals surface area contributed by atoms with E-state index in [-0.39, 0.29) is 5.48 Å². The second kappa shape index (κ2) is 9.62. The minimum atomic E-state index is -0.773. The van der Waals surface area contributed by atoms with Crippen molar-refractivity contribution < 1.29 is 15.4 Å². The Morgan fingerprint density at radius 3 is 2.50 bits per heavy atom. The second-order valence-corrected chi connectivity index (χ2v) is 4.24. The van der Waals surface area contributed by atoms with E-state index in [4.69, 9.17) is 5.11 Å². The number of nitrogens with one attached hydrogen (secondary N) is 1. The molecule has 1 unspecified atom stereocenters. The van der Waals surface area contributed by atoms with Crippen molar-refractivity contribution in [3.8, 4) is 0 Å². The summed E-state index contributed by atoms with van der Waals surface area (Å²) in [6, 6.07) is 9.26. The topological polar surface area (TPSA) is 80.8 Å². The molecule has 0 aromatic heterocycles. The maximum atomic E-state index is 11.1. The minimum Gasteiger partial charge on any atom is -0.480 e. The molecule has 102 valence electrons. The van der Waals surface area contributed by atoms with Crippen LogP contribution in [0.1, 0.15) is 31.7 Å². The zero-order chi connectivity index (χ0) is 12.5. The number of benzene rings is 1. The SMILES string of the molecule is CCCCCNC(Cc1ccccc1)C(=O)O.O. The van der Waals surface area contributed by atoms with Gasteiger partial charge < -0.3 is 15.9 Å². The van der Waals surface area contributed by atoms with E-state index < -0.39 is 12.0 Å². The molecular formula is C14H23NO3. The Balaban J connectivity index is 0.00000289. The summed E-state index contributed by atoms with van der Waals surface area (Å²) in [7, 11) is 0. The van der Waals surface area contributed by atoms with Gasteiger partial charge in [0.25, 0.3) is 0 Å². The summed E-state index contributed by atoms with van der Waals surface area (Å²) in [5, 5.41) is 12.2. The third-order valence-corrected chi connectivity index (χ3v) is 2.75. The summed E-state index contributed by atoms with van der Waals surface area (Å²) in [4.78, 5) is 11.1. The Morgan fingerprint density at radius 2 is 1.94 bits per heavy atom. The average Bonchev–Trinajstić information content (AvgIpc) is 2.34. The molecule has 0 aliphatic heterocycles. The maximum absolute atomic E-state index is 11.1. The van der Waals surface area contributed by atoms with E-state index in [2.05, 4.69) is 12.2 Å². The van der Waals surface area contributed by atoms with Crippen LogP contribution in [0, 0.1) is 0 Å². The third-order valence-electron chi connectivity index (χ3n) is 2.75. The molecule has 0 radical (unpaired) electrons. The third kappa shape index (κ3) is 6.37. The van der Waals surface area contributed by atoms with Crippen LogP contribution < -0.4 is 5.32 Å². The molecule has 0 spiro atoms. The molecule has 4 nitrogen and oxygen atoms in total. The Hall–Kier alpha value is -1.39. The molecule has 0 bridgehead atoms. The van der Waals surface area contributed by atoms with Crippen LogP contribution in [0.15, 0.2) is 30.3 Å². The molecule has 1 aromatic carbocycles. The molecule has 0 aliphatic carbocycles. The predicted octanol–water partition coefficient (Wildman–Crippen LogP) is 1.64. The zero-order valence-electron chi connectivity index (χ0n) is 10.9. The van der Waals surface area contributed by atoms with Gasteiger partial charge in [-0.05, 0) is 24.9 Å². The largest absolute Gasteiger partial charge is 0.480 e. The summed E-state index contributed by atoms with van der Waals surface area (Å²) in [5.41, 5.74) is 1.06. The number of unbranched alkanes of at least 4 members (excludes halogenated alkanes) is 2. The van der Waals surface area contributed by atoms with Gasteiger partial charge in [0.15, 0.2) is 0 Å². The van der Waals surface area contributed by atoms with Gasteiger partial charge in [-0.1, -0.05) is 50.1 Å². The van der Waals surface area contributed by atoms with E-state index in [1.54, 1.807) is 0 Å². The maximum Gasteiger partial charge on any atom is 0.321 e. The predicted molar refractivity (Wildman–Crippen MR) is 72.7 cm³/mol. The van der Waals surface area contributed by atoms with E-state index in [0.717, 1.165) is 31.4 Å². The highest BCUT2D eigenvalue weighted by Gasteiger charge is 2.16. The Labute approximate surface area is 108 Å². The summed E-state index contributed by atoms with van der Waals surface area (Å²) in [6.45, 7) is 2.91. The summed E-state index contributed by atoms with van der Waals surface area (Å²) in [5.74, 6) is -0.773. The number of carbonyl (C=O) groups is 1. The van der Waals surface area contributed by atoms with Crippen molar-refractivity contribution in [2.24, 2.45) is 0 Å². The van der Waals surface area contributed by atoms with Gasteiger partial charge in [-0.25, -0.2) is 0 Å². The highest BCUT2D eigenvalue weighted by Crippen LogP contribution is 2.04. The van der Waals surface area contributed by atoms with E-state index in [9.17, 15) is 4.79 Å². The van der Waals surface area contributed by atoms with Crippen LogP contribution in [0.25, 0.3) is 0 Å². The van der Waals surface area contributed by atoms with Crippen LogP contribution in [0.4, 0.5) is 0 Å². The number of carboxylic acids is 1. The first-order valence-corrected chi connectivity index (χ1v) is 6.24. The first kappa shape index (κ1) is 16.6. The molecule has 0 saturated carbocycles. The number of hydrogen-bond donors (Lipinski definition) is 2.